The molecule has 1 amide bonds. The van der Waals surface area contributed by atoms with Crippen LogP contribution in [0.3, 0.4) is 0 Å². The standard InChI is InChI=1S/C22H22N4O4/c27-22(23-17-6-7-18-19(12-17)29-14-28-18)16-8-10-26(11-9-16)13-20-24-21(25-30-20)15-4-2-1-3-5-15/h1-7,12,16H,8-11,13-14H2,(H,23,27). The number of piperidine rings is 1. The maximum Gasteiger partial charge on any atom is 0.241 e. The SMILES string of the molecule is O=C(Nc1ccc2c(c1)OCO2)C1CCN(Cc2nc(-c3ccccc3)no2)CC1. The lowest BCUT2D eigenvalue weighted by atomic mass is 9.96. The topological polar surface area (TPSA) is 89.7 Å². The van der Waals surface area contributed by atoms with E-state index >= 15 is 0 Å². The van der Waals surface area contributed by atoms with Crippen LogP contribution in [0, 0.1) is 5.92 Å². The Morgan fingerprint density at radius 3 is 2.70 bits per heavy atom. The quantitative estimate of drug-likeness (QED) is 0.695. The average molecular weight is 406 g/mol. The first kappa shape index (κ1) is 18.6. The van der Waals surface area contributed by atoms with Gasteiger partial charge in [-0.05, 0) is 38.1 Å². The fraction of sp³-hybridized carbons (Fsp3) is 0.318. The second-order valence-corrected chi connectivity index (χ2v) is 7.49. The van der Waals surface area contributed by atoms with Crippen LogP contribution in [0.2, 0.25) is 0 Å². The first-order valence-electron chi connectivity index (χ1n) is 10.1. The molecule has 3 aromatic rings. The van der Waals surface area contributed by atoms with E-state index in [-0.39, 0.29) is 18.6 Å². The number of hydrogen-bond acceptors (Lipinski definition) is 7. The van der Waals surface area contributed by atoms with Gasteiger partial charge in [0.05, 0.1) is 6.54 Å². The number of amides is 1. The summed E-state index contributed by atoms with van der Waals surface area (Å²) in [4.78, 5) is 19.4. The van der Waals surface area contributed by atoms with Crippen LogP contribution in [0.1, 0.15) is 18.7 Å². The smallest absolute Gasteiger partial charge is 0.241 e. The number of anilines is 1. The molecule has 2 aliphatic heterocycles. The van der Waals surface area contributed by atoms with E-state index in [4.69, 9.17) is 14.0 Å². The van der Waals surface area contributed by atoms with Crippen molar-refractivity contribution in [2.24, 2.45) is 5.92 Å². The van der Waals surface area contributed by atoms with Gasteiger partial charge >= 0.3 is 0 Å². The van der Waals surface area contributed by atoms with E-state index in [1.807, 2.05) is 42.5 Å². The van der Waals surface area contributed by atoms with E-state index < -0.39 is 0 Å². The molecule has 3 heterocycles. The largest absolute Gasteiger partial charge is 0.454 e. The molecule has 0 atom stereocenters. The van der Waals surface area contributed by atoms with Crippen molar-refractivity contribution in [2.45, 2.75) is 19.4 Å². The summed E-state index contributed by atoms with van der Waals surface area (Å²) in [5, 5.41) is 7.06. The van der Waals surface area contributed by atoms with E-state index in [2.05, 4.69) is 20.4 Å². The summed E-state index contributed by atoms with van der Waals surface area (Å²) in [5.41, 5.74) is 1.66. The Hall–Kier alpha value is -3.39. The highest BCUT2D eigenvalue weighted by atomic mass is 16.7. The van der Waals surface area contributed by atoms with Gasteiger partial charge in [0.25, 0.3) is 0 Å². The number of hydrogen-bond donors (Lipinski definition) is 1. The van der Waals surface area contributed by atoms with Crippen LogP contribution in [0.4, 0.5) is 5.69 Å². The summed E-state index contributed by atoms with van der Waals surface area (Å²) >= 11 is 0. The second kappa shape index (κ2) is 8.16. The zero-order chi connectivity index (χ0) is 20.3. The second-order valence-electron chi connectivity index (χ2n) is 7.49. The summed E-state index contributed by atoms with van der Waals surface area (Å²) in [7, 11) is 0. The van der Waals surface area contributed by atoms with Crippen molar-refractivity contribution >= 4 is 11.6 Å². The third-order valence-corrected chi connectivity index (χ3v) is 5.46. The van der Waals surface area contributed by atoms with Gasteiger partial charge in [-0.3, -0.25) is 9.69 Å². The molecule has 30 heavy (non-hydrogen) atoms. The zero-order valence-electron chi connectivity index (χ0n) is 16.4. The van der Waals surface area contributed by atoms with Gasteiger partial charge in [0, 0.05) is 23.2 Å². The molecule has 2 aliphatic rings. The molecule has 0 bridgehead atoms. The fourth-order valence-electron chi connectivity index (χ4n) is 3.79. The van der Waals surface area contributed by atoms with Crippen LogP contribution in [0.5, 0.6) is 11.5 Å². The van der Waals surface area contributed by atoms with Crippen molar-refractivity contribution in [1.82, 2.24) is 15.0 Å². The van der Waals surface area contributed by atoms with Gasteiger partial charge in [-0.25, -0.2) is 0 Å². The van der Waals surface area contributed by atoms with Crippen molar-refractivity contribution in [3.8, 4) is 22.9 Å². The van der Waals surface area contributed by atoms with E-state index in [1.54, 1.807) is 6.07 Å². The number of carbonyl (C=O) groups excluding carboxylic acids is 1. The van der Waals surface area contributed by atoms with Crippen LogP contribution in [0.15, 0.2) is 53.1 Å². The molecular formula is C22H22N4O4. The molecule has 8 heteroatoms. The number of likely N-dealkylation sites (tertiary alicyclic amines) is 1. The summed E-state index contributed by atoms with van der Waals surface area (Å²) < 4.78 is 16.1. The lowest BCUT2D eigenvalue weighted by Gasteiger charge is -2.30. The highest BCUT2D eigenvalue weighted by Crippen LogP contribution is 2.34. The minimum atomic E-state index is -0.0192. The molecule has 5 rings (SSSR count). The van der Waals surface area contributed by atoms with Crippen molar-refractivity contribution in [3.63, 3.8) is 0 Å². The lowest BCUT2D eigenvalue weighted by Crippen LogP contribution is -2.37. The lowest BCUT2D eigenvalue weighted by molar-refractivity contribution is -0.121. The fourth-order valence-corrected chi connectivity index (χ4v) is 3.79. The van der Waals surface area contributed by atoms with Crippen LogP contribution in [-0.4, -0.2) is 40.8 Å². The van der Waals surface area contributed by atoms with Crippen LogP contribution in [-0.2, 0) is 11.3 Å². The van der Waals surface area contributed by atoms with Crippen LogP contribution >= 0.6 is 0 Å². The summed E-state index contributed by atoms with van der Waals surface area (Å²) in [6, 6.07) is 15.2. The molecule has 0 aliphatic carbocycles. The number of nitrogens with zero attached hydrogens (tertiary/aromatic N) is 3. The molecule has 1 saturated heterocycles. The Balaban J connectivity index is 1.13. The minimum absolute atomic E-state index is 0.0192. The zero-order valence-corrected chi connectivity index (χ0v) is 16.4. The molecule has 1 fully saturated rings. The molecular weight excluding hydrogens is 384 g/mol. The van der Waals surface area contributed by atoms with Gasteiger partial charge < -0.3 is 19.3 Å². The highest BCUT2D eigenvalue weighted by Gasteiger charge is 2.26. The van der Waals surface area contributed by atoms with E-state index in [1.165, 1.54) is 0 Å². The van der Waals surface area contributed by atoms with Crippen molar-refractivity contribution < 1.29 is 18.8 Å². The first-order valence-corrected chi connectivity index (χ1v) is 10.1. The maximum absolute atomic E-state index is 12.7. The summed E-state index contributed by atoms with van der Waals surface area (Å²) in [6.45, 7) is 2.43. The Bertz CT molecular complexity index is 1030. The molecule has 0 saturated carbocycles. The maximum atomic E-state index is 12.7. The van der Waals surface area contributed by atoms with E-state index in [9.17, 15) is 4.79 Å². The number of rotatable bonds is 5. The number of carbonyl (C=O) groups is 1. The third-order valence-electron chi connectivity index (χ3n) is 5.46. The Morgan fingerprint density at radius 2 is 1.87 bits per heavy atom. The predicted octanol–water partition coefficient (Wildman–Crippen LogP) is 3.32. The Labute approximate surface area is 173 Å². The van der Waals surface area contributed by atoms with Crippen LogP contribution < -0.4 is 14.8 Å². The number of benzene rings is 2. The van der Waals surface area contributed by atoms with Gasteiger partial charge in [0.1, 0.15) is 0 Å². The van der Waals surface area contributed by atoms with Gasteiger partial charge in [0.2, 0.25) is 24.4 Å². The van der Waals surface area contributed by atoms with Gasteiger partial charge in [-0.2, -0.15) is 4.98 Å². The highest BCUT2D eigenvalue weighted by molar-refractivity contribution is 5.93. The summed E-state index contributed by atoms with van der Waals surface area (Å²) in [5.74, 6) is 2.59. The molecule has 1 aromatic heterocycles. The normalized spacial score (nSPS) is 16.5. The van der Waals surface area contributed by atoms with Gasteiger partial charge in [-0.1, -0.05) is 35.5 Å². The predicted molar refractivity (Wildman–Crippen MR) is 109 cm³/mol. The molecule has 8 nitrogen and oxygen atoms in total. The van der Waals surface area contributed by atoms with Crippen molar-refractivity contribution in [2.75, 3.05) is 25.2 Å². The molecule has 1 N–H and O–H groups in total. The van der Waals surface area contributed by atoms with Crippen molar-refractivity contribution in [3.05, 3.63) is 54.4 Å². The Kier molecular flexibility index (Phi) is 5.06. The third kappa shape index (κ3) is 3.99. The molecule has 0 unspecified atom stereocenters. The number of ether oxygens (including phenoxy) is 2. The number of nitrogens with one attached hydrogen (secondary N) is 1. The number of fused-ring (bicyclic) bond motifs is 1. The van der Waals surface area contributed by atoms with Gasteiger partial charge in [0.15, 0.2) is 11.5 Å². The molecule has 2 aromatic carbocycles. The molecule has 0 spiro atoms. The van der Waals surface area contributed by atoms with E-state index in [0.29, 0.717) is 29.8 Å². The Morgan fingerprint density at radius 1 is 1.07 bits per heavy atom. The number of aromatic nitrogens is 2. The first-order chi connectivity index (χ1) is 14.7. The van der Waals surface area contributed by atoms with Crippen molar-refractivity contribution in [1.29, 1.82) is 0 Å². The van der Waals surface area contributed by atoms with E-state index in [0.717, 1.165) is 37.2 Å². The summed E-state index contributed by atoms with van der Waals surface area (Å²) in [6.07, 6.45) is 1.58. The van der Waals surface area contributed by atoms with Crippen LogP contribution in [0.25, 0.3) is 11.4 Å². The molecule has 0 radical (unpaired) electrons. The minimum Gasteiger partial charge on any atom is -0.454 e. The molecule has 154 valence electrons. The average Bonchev–Trinajstić information content (AvgIpc) is 3.44. The van der Waals surface area contributed by atoms with Gasteiger partial charge in [-0.15, -0.1) is 0 Å². The monoisotopic (exact) mass is 406 g/mol.